The number of imidazole rings is 1. The molecule has 19 heavy (non-hydrogen) atoms. The lowest BCUT2D eigenvalue weighted by molar-refractivity contribution is -0.397. The molecule has 0 aliphatic heterocycles. The maximum absolute atomic E-state index is 10.7. The van der Waals surface area contributed by atoms with Gasteiger partial charge in [-0.1, -0.05) is 27.3 Å². The van der Waals surface area contributed by atoms with Crippen LogP contribution in [-0.2, 0) is 6.54 Å². The molecule has 106 valence electrons. The van der Waals surface area contributed by atoms with E-state index in [1.54, 1.807) is 0 Å². The zero-order valence-corrected chi connectivity index (χ0v) is 12.0. The van der Waals surface area contributed by atoms with Crippen molar-refractivity contribution in [3.8, 4) is 0 Å². The molecule has 0 saturated heterocycles. The highest BCUT2D eigenvalue weighted by Gasteiger charge is 2.25. The third kappa shape index (κ3) is 3.74. The highest BCUT2D eigenvalue weighted by molar-refractivity contribution is 9.09. The van der Waals surface area contributed by atoms with Crippen molar-refractivity contribution in [1.29, 1.82) is 0 Å². The van der Waals surface area contributed by atoms with Crippen molar-refractivity contribution in [3.05, 3.63) is 22.5 Å². The van der Waals surface area contributed by atoms with E-state index in [0.717, 1.165) is 12.8 Å². The number of nitrogens with zero attached hydrogens (tertiary/aromatic N) is 3. The molecule has 3 atom stereocenters. The van der Waals surface area contributed by atoms with Crippen LogP contribution in [0.5, 0.6) is 0 Å². The monoisotopic (exact) mass is 332 g/mol. The summed E-state index contributed by atoms with van der Waals surface area (Å²) in [5.41, 5.74) is 0. The molecule has 0 radical (unpaired) electrons. The fourth-order valence-corrected chi connectivity index (χ4v) is 3.11. The van der Waals surface area contributed by atoms with Crippen LogP contribution in [0.2, 0.25) is 0 Å². The number of hydrogen-bond donors (Lipinski definition) is 2. The Kier molecular flexibility index (Phi) is 4.89. The number of aliphatic hydroxyl groups excluding tert-OH is 1. The maximum atomic E-state index is 10.7. The topological polar surface area (TPSA) is 93.2 Å². The predicted molar refractivity (Wildman–Crippen MR) is 73.2 cm³/mol. The van der Waals surface area contributed by atoms with Crippen LogP contribution in [0.25, 0.3) is 0 Å². The summed E-state index contributed by atoms with van der Waals surface area (Å²) in [5.74, 6) is -0.238. The Morgan fingerprint density at radius 2 is 2.47 bits per heavy atom. The highest BCUT2D eigenvalue weighted by atomic mass is 79.9. The average Bonchev–Trinajstić information content (AvgIpc) is 2.95. The zero-order valence-electron chi connectivity index (χ0n) is 10.4. The van der Waals surface area contributed by atoms with Gasteiger partial charge in [0, 0.05) is 17.4 Å². The minimum absolute atomic E-state index is 0.170. The summed E-state index contributed by atoms with van der Waals surface area (Å²) in [6.45, 7) is 0.588. The van der Waals surface area contributed by atoms with E-state index in [9.17, 15) is 15.2 Å². The van der Waals surface area contributed by atoms with Gasteiger partial charge in [-0.25, -0.2) is 4.57 Å². The first-order chi connectivity index (χ1) is 9.08. The fraction of sp³-hybridized carbons (Fsp3) is 0.727. The fourth-order valence-electron chi connectivity index (χ4n) is 2.34. The van der Waals surface area contributed by atoms with Crippen molar-refractivity contribution in [1.82, 2.24) is 14.9 Å². The molecular formula is C11H17BrN4O3. The molecule has 0 amide bonds. The molecule has 2 N–H and O–H groups in total. The van der Waals surface area contributed by atoms with Gasteiger partial charge in [0.15, 0.2) is 0 Å². The number of halogens is 1. The minimum atomic E-state index is -0.673. The van der Waals surface area contributed by atoms with Crippen molar-refractivity contribution in [2.75, 3.05) is 6.54 Å². The van der Waals surface area contributed by atoms with Crippen LogP contribution in [0.15, 0.2) is 12.4 Å². The van der Waals surface area contributed by atoms with Gasteiger partial charge in [-0.3, -0.25) is 0 Å². The van der Waals surface area contributed by atoms with Gasteiger partial charge in [-0.2, -0.15) is 0 Å². The second kappa shape index (κ2) is 6.44. The third-order valence-corrected chi connectivity index (χ3v) is 4.41. The molecular weight excluding hydrogens is 316 g/mol. The second-order valence-electron chi connectivity index (χ2n) is 4.75. The van der Waals surface area contributed by atoms with E-state index in [2.05, 4.69) is 26.2 Å². The van der Waals surface area contributed by atoms with Crippen molar-refractivity contribution >= 4 is 21.9 Å². The number of rotatable bonds is 6. The molecule has 2 unspecified atom stereocenters. The summed E-state index contributed by atoms with van der Waals surface area (Å²) >= 11 is 3.60. The van der Waals surface area contributed by atoms with Crippen molar-refractivity contribution in [2.24, 2.45) is 0 Å². The molecule has 7 nitrogen and oxygen atoms in total. The lowest BCUT2D eigenvalue weighted by atomic mass is 10.2. The number of nitro groups is 1. The van der Waals surface area contributed by atoms with Gasteiger partial charge in [0.1, 0.15) is 12.4 Å². The van der Waals surface area contributed by atoms with Gasteiger partial charge < -0.3 is 20.5 Å². The van der Waals surface area contributed by atoms with Crippen LogP contribution in [0.1, 0.15) is 19.3 Å². The Morgan fingerprint density at radius 3 is 3.11 bits per heavy atom. The first-order valence-electron chi connectivity index (χ1n) is 6.29. The summed E-state index contributed by atoms with van der Waals surface area (Å²) in [5, 5.41) is 23.9. The van der Waals surface area contributed by atoms with E-state index in [4.69, 9.17) is 0 Å². The SMILES string of the molecule is O=[N+]([O-])c1nccn1CC(O)CNC1CCC[C@H]1Br. The smallest absolute Gasteiger partial charge is 0.390 e. The molecule has 1 saturated carbocycles. The largest absolute Gasteiger partial charge is 0.434 e. The van der Waals surface area contributed by atoms with Crippen LogP contribution in [0.3, 0.4) is 0 Å². The molecule has 8 heteroatoms. The molecule has 1 fully saturated rings. The van der Waals surface area contributed by atoms with E-state index in [1.807, 2.05) is 0 Å². The number of hydrogen-bond acceptors (Lipinski definition) is 5. The van der Waals surface area contributed by atoms with Crippen LogP contribution < -0.4 is 5.32 Å². The zero-order chi connectivity index (χ0) is 13.8. The summed E-state index contributed by atoms with van der Waals surface area (Å²) in [6.07, 6.45) is 5.60. The quantitative estimate of drug-likeness (QED) is 0.461. The van der Waals surface area contributed by atoms with Crippen LogP contribution in [-0.4, -0.2) is 43.1 Å². The lowest BCUT2D eigenvalue weighted by Crippen LogP contribution is -2.39. The highest BCUT2D eigenvalue weighted by Crippen LogP contribution is 2.25. The number of aliphatic hydroxyl groups is 1. The molecule has 1 aliphatic rings. The summed E-state index contributed by atoms with van der Waals surface area (Å²) < 4.78 is 1.35. The second-order valence-corrected chi connectivity index (χ2v) is 5.93. The number of nitrogens with one attached hydrogen (secondary N) is 1. The Bertz CT molecular complexity index is 439. The lowest BCUT2D eigenvalue weighted by Gasteiger charge is -2.18. The van der Waals surface area contributed by atoms with Gasteiger partial charge in [-0.15, -0.1) is 0 Å². The summed E-state index contributed by atoms with van der Waals surface area (Å²) in [4.78, 5) is 14.2. The molecule has 1 aromatic heterocycles. The van der Waals surface area contributed by atoms with Gasteiger partial charge in [0.2, 0.25) is 0 Å². The van der Waals surface area contributed by atoms with Gasteiger partial charge in [-0.05, 0) is 17.8 Å². The molecule has 2 rings (SSSR count). The van der Waals surface area contributed by atoms with E-state index >= 15 is 0 Å². The normalized spacial score (nSPS) is 24.5. The number of alkyl halides is 1. The minimum Gasteiger partial charge on any atom is -0.390 e. The van der Waals surface area contributed by atoms with E-state index in [1.165, 1.54) is 23.4 Å². The molecule has 0 aromatic carbocycles. The first-order valence-corrected chi connectivity index (χ1v) is 7.20. The van der Waals surface area contributed by atoms with Crippen molar-refractivity contribution in [3.63, 3.8) is 0 Å². The average molecular weight is 333 g/mol. The standard InChI is InChI=1S/C11H17BrN4O3/c12-9-2-1-3-10(9)14-6-8(17)7-15-5-4-13-11(15)16(18)19/h4-5,8-10,14,17H,1-3,6-7H2/t8?,9-,10?/m1/s1. The number of aromatic nitrogens is 2. The molecule has 1 aliphatic carbocycles. The Hall–Kier alpha value is -0.990. The van der Waals surface area contributed by atoms with Gasteiger partial charge in [0.05, 0.1) is 12.6 Å². The summed E-state index contributed by atoms with van der Waals surface area (Å²) in [6, 6.07) is 0.368. The maximum Gasteiger partial charge on any atom is 0.434 e. The Balaban J connectivity index is 1.82. The van der Waals surface area contributed by atoms with Crippen LogP contribution in [0, 0.1) is 10.1 Å². The van der Waals surface area contributed by atoms with Crippen molar-refractivity contribution in [2.45, 2.75) is 42.8 Å². The van der Waals surface area contributed by atoms with Crippen LogP contribution in [0.4, 0.5) is 5.95 Å². The Morgan fingerprint density at radius 1 is 1.68 bits per heavy atom. The van der Waals surface area contributed by atoms with Crippen LogP contribution >= 0.6 is 15.9 Å². The molecule has 1 aromatic rings. The summed E-state index contributed by atoms with van der Waals surface area (Å²) in [7, 11) is 0. The van der Waals surface area contributed by atoms with Crippen molar-refractivity contribution < 1.29 is 10.0 Å². The van der Waals surface area contributed by atoms with E-state index in [0.29, 0.717) is 17.4 Å². The molecule has 0 bridgehead atoms. The third-order valence-electron chi connectivity index (χ3n) is 3.31. The first kappa shape index (κ1) is 14.4. The van der Waals surface area contributed by atoms with E-state index in [-0.39, 0.29) is 12.5 Å². The van der Waals surface area contributed by atoms with Gasteiger partial charge >= 0.3 is 5.95 Å². The van der Waals surface area contributed by atoms with E-state index < -0.39 is 11.0 Å². The molecule has 1 heterocycles. The van der Waals surface area contributed by atoms with Gasteiger partial charge in [0.25, 0.3) is 0 Å². The predicted octanol–water partition coefficient (Wildman–Crippen LogP) is 1.06. The Labute approximate surface area is 119 Å². The molecule has 0 spiro atoms.